The van der Waals surface area contributed by atoms with E-state index in [1.807, 2.05) is 37.3 Å². The van der Waals surface area contributed by atoms with Crippen LogP contribution in [0.15, 0.2) is 30.3 Å². The second-order valence-corrected chi connectivity index (χ2v) is 12.7. The monoisotopic (exact) mass is 599 g/mol. The third-order valence-electron chi connectivity index (χ3n) is 9.48. The summed E-state index contributed by atoms with van der Waals surface area (Å²) >= 11 is 6.20. The summed E-state index contributed by atoms with van der Waals surface area (Å²) in [4.78, 5) is 9.76. The van der Waals surface area contributed by atoms with Crippen LogP contribution in [-0.4, -0.2) is 69.2 Å². The molecule has 2 aromatic heterocycles. The predicted octanol–water partition coefficient (Wildman–Crippen LogP) is 5.99. The minimum Gasteiger partial charge on any atom is -0.376 e. The van der Waals surface area contributed by atoms with Crippen molar-refractivity contribution in [1.29, 1.82) is 10.8 Å². The lowest BCUT2D eigenvalue weighted by Gasteiger charge is -2.53. The van der Waals surface area contributed by atoms with Crippen molar-refractivity contribution in [1.82, 2.24) is 19.0 Å². The third-order valence-corrected chi connectivity index (χ3v) is 9.73. The highest BCUT2D eigenvalue weighted by molar-refractivity contribution is 6.30. The number of halogens is 3. The molecule has 2 N–H and O–H groups in total. The van der Waals surface area contributed by atoms with Gasteiger partial charge in [0, 0.05) is 61.8 Å². The largest absolute Gasteiger partial charge is 0.376 e. The molecular formula is C31H40ClF2N7O. The van der Waals surface area contributed by atoms with Gasteiger partial charge in [0.2, 0.25) is 5.92 Å². The van der Waals surface area contributed by atoms with Gasteiger partial charge in [0.1, 0.15) is 22.5 Å². The Labute approximate surface area is 250 Å². The minimum absolute atomic E-state index is 0.0465. The fourth-order valence-corrected chi connectivity index (χ4v) is 7.47. The highest BCUT2D eigenvalue weighted by atomic mass is 35.5. The van der Waals surface area contributed by atoms with Crippen LogP contribution >= 0.6 is 11.6 Å². The molecule has 1 saturated carbocycles. The molecular weight excluding hydrogens is 560 g/mol. The first kappa shape index (κ1) is 29.3. The SMILES string of the molecule is CC[C@@H]1CN(c2cc(=N)n(C=N)c3c2nc(C)n3C[C@@H]2CCCO2)[C@@H](C)CN1C(c1ccc(Cl)cc1)C1CC(F)(F)C1. The first-order chi connectivity index (χ1) is 20.1. The van der Waals surface area contributed by atoms with Gasteiger partial charge < -0.3 is 14.2 Å². The number of hydrogen-bond donors (Lipinski definition) is 2. The number of ether oxygens (including phenoxy) is 1. The van der Waals surface area contributed by atoms with E-state index in [1.54, 1.807) is 4.57 Å². The standard InChI is InChI=1S/C31H40ClF2N7O/c1-4-24-16-38(19(2)15-40(24)29(22-13-31(33,34)14-22)21-7-9-23(32)10-8-21)26-12-27(36)41(18-35)30-28(26)37-20(3)39(30)17-25-6-5-11-42-25/h7-10,12,18-19,22,24-25,29,35-36H,4-6,11,13-17H2,1-3H3/t19-,24+,25-,29?/m0/s1. The smallest absolute Gasteiger partial charge is 0.248 e. The number of piperazine rings is 1. The van der Waals surface area contributed by atoms with E-state index in [0.717, 1.165) is 54.1 Å². The highest BCUT2D eigenvalue weighted by Crippen LogP contribution is 2.51. The van der Waals surface area contributed by atoms with Gasteiger partial charge in [-0.25, -0.2) is 13.8 Å². The molecule has 1 unspecified atom stereocenters. The maximum absolute atomic E-state index is 14.1. The molecule has 3 aliphatic rings. The summed E-state index contributed by atoms with van der Waals surface area (Å²) in [7, 11) is 0. The Kier molecular flexibility index (Phi) is 7.91. The van der Waals surface area contributed by atoms with E-state index >= 15 is 0 Å². The van der Waals surface area contributed by atoms with Crippen molar-refractivity contribution in [3.05, 3.63) is 52.2 Å². The number of aryl methyl sites for hydroxylation is 1. The van der Waals surface area contributed by atoms with E-state index < -0.39 is 5.92 Å². The molecule has 4 atom stereocenters. The second-order valence-electron chi connectivity index (χ2n) is 12.3. The molecule has 8 nitrogen and oxygen atoms in total. The van der Waals surface area contributed by atoms with Gasteiger partial charge in [0.15, 0.2) is 0 Å². The Morgan fingerprint density at radius 3 is 2.57 bits per heavy atom. The number of hydrogen-bond acceptors (Lipinski definition) is 6. The van der Waals surface area contributed by atoms with E-state index in [0.29, 0.717) is 24.7 Å². The number of pyridine rings is 1. The number of imidazole rings is 1. The molecule has 6 rings (SSSR count). The first-order valence-corrected chi connectivity index (χ1v) is 15.4. The maximum atomic E-state index is 14.1. The van der Waals surface area contributed by atoms with Crippen molar-refractivity contribution in [2.24, 2.45) is 5.92 Å². The molecule has 1 aliphatic carbocycles. The normalized spacial score (nSPS) is 25.6. The van der Waals surface area contributed by atoms with Gasteiger partial charge in [-0.2, -0.15) is 0 Å². The molecule has 3 fully saturated rings. The van der Waals surface area contributed by atoms with Crippen molar-refractivity contribution in [2.45, 2.75) is 89.6 Å². The Hall–Kier alpha value is -2.82. The van der Waals surface area contributed by atoms with E-state index in [2.05, 4.69) is 28.2 Å². The zero-order chi connectivity index (χ0) is 29.8. The van der Waals surface area contributed by atoms with Gasteiger partial charge in [0.25, 0.3) is 0 Å². The zero-order valence-corrected chi connectivity index (χ0v) is 25.2. The molecule has 0 amide bonds. The van der Waals surface area contributed by atoms with Gasteiger partial charge >= 0.3 is 0 Å². The minimum atomic E-state index is -2.60. The van der Waals surface area contributed by atoms with Gasteiger partial charge in [-0.15, -0.1) is 0 Å². The van der Waals surface area contributed by atoms with Crippen molar-refractivity contribution >= 4 is 34.8 Å². The van der Waals surface area contributed by atoms with Crippen molar-refractivity contribution < 1.29 is 13.5 Å². The molecule has 2 saturated heterocycles. The molecule has 226 valence electrons. The van der Waals surface area contributed by atoms with Gasteiger partial charge in [-0.05, 0) is 56.7 Å². The molecule has 0 spiro atoms. The fraction of sp³-hybridized carbons (Fsp3) is 0.581. The predicted molar refractivity (Wildman–Crippen MR) is 161 cm³/mol. The zero-order valence-electron chi connectivity index (χ0n) is 24.5. The van der Waals surface area contributed by atoms with E-state index in [4.69, 9.17) is 32.1 Å². The van der Waals surface area contributed by atoms with Gasteiger partial charge in [-0.1, -0.05) is 30.7 Å². The van der Waals surface area contributed by atoms with E-state index in [-0.39, 0.29) is 48.5 Å². The quantitative estimate of drug-likeness (QED) is 0.246. The van der Waals surface area contributed by atoms with Crippen LogP contribution in [0.5, 0.6) is 0 Å². The van der Waals surface area contributed by atoms with Crippen LogP contribution in [0.4, 0.5) is 14.5 Å². The number of anilines is 1. The van der Waals surface area contributed by atoms with Gasteiger partial charge in [-0.3, -0.25) is 20.3 Å². The molecule has 1 aromatic carbocycles. The summed E-state index contributed by atoms with van der Waals surface area (Å²) in [6.07, 6.45) is 3.95. The van der Waals surface area contributed by atoms with Crippen LogP contribution in [-0.2, 0) is 11.3 Å². The lowest BCUT2D eigenvalue weighted by Crippen LogP contribution is -2.60. The summed E-state index contributed by atoms with van der Waals surface area (Å²) in [5, 5.41) is 17.6. The lowest BCUT2D eigenvalue weighted by molar-refractivity contribution is -0.137. The molecule has 3 aromatic rings. The second kappa shape index (κ2) is 11.4. The first-order valence-electron chi connectivity index (χ1n) is 15.0. The number of alkyl halides is 2. The molecule has 42 heavy (non-hydrogen) atoms. The van der Waals surface area contributed by atoms with Crippen LogP contribution in [0.25, 0.3) is 11.2 Å². The topological polar surface area (TPSA) is 86.2 Å². The number of nitrogens with one attached hydrogen (secondary N) is 2. The highest BCUT2D eigenvalue weighted by Gasteiger charge is 2.51. The van der Waals surface area contributed by atoms with E-state index in [1.165, 1.54) is 6.34 Å². The Bertz CT molecular complexity index is 1510. The average molecular weight is 600 g/mol. The molecule has 11 heteroatoms. The summed E-state index contributed by atoms with van der Waals surface area (Å²) < 4.78 is 37.9. The van der Waals surface area contributed by atoms with E-state index in [9.17, 15) is 8.78 Å². The van der Waals surface area contributed by atoms with Crippen molar-refractivity contribution in [2.75, 3.05) is 24.6 Å². The summed E-state index contributed by atoms with van der Waals surface area (Å²) in [6, 6.07) is 9.54. The number of fused-ring (bicyclic) bond motifs is 1. The van der Waals surface area contributed by atoms with Crippen LogP contribution < -0.4 is 10.4 Å². The molecule has 4 heterocycles. The van der Waals surface area contributed by atoms with Crippen molar-refractivity contribution in [3.63, 3.8) is 0 Å². The number of benzene rings is 1. The fourth-order valence-electron chi connectivity index (χ4n) is 7.34. The summed E-state index contributed by atoms with van der Waals surface area (Å²) in [5.74, 6) is -1.90. The van der Waals surface area contributed by atoms with Crippen LogP contribution in [0.1, 0.15) is 63.4 Å². The summed E-state index contributed by atoms with van der Waals surface area (Å²) in [6.45, 7) is 9.05. The summed E-state index contributed by atoms with van der Waals surface area (Å²) in [5.41, 5.74) is 3.64. The van der Waals surface area contributed by atoms with Crippen LogP contribution in [0.2, 0.25) is 5.02 Å². The van der Waals surface area contributed by atoms with Gasteiger partial charge in [0.05, 0.1) is 24.7 Å². The Balaban J connectivity index is 1.37. The number of nitrogens with zero attached hydrogens (tertiary/aromatic N) is 5. The van der Waals surface area contributed by atoms with Crippen molar-refractivity contribution in [3.8, 4) is 0 Å². The lowest BCUT2D eigenvalue weighted by atomic mass is 9.73. The van der Waals surface area contributed by atoms with Crippen LogP contribution in [0, 0.1) is 23.7 Å². The Morgan fingerprint density at radius 2 is 1.95 bits per heavy atom. The third kappa shape index (κ3) is 5.26. The maximum Gasteiger partial charge on any atom is 0.248 e. The number of aromatic nitrogens is 3. The Morgan fingerprint density at radius 1 is 1.21 bits per heavy atom. The average Bonchev–Trinajstić information content (AvgIpc) is 3.57. The molecule has 2 aliphatic heterocycles. The molecule has 0 radical (unpaired) electrons. The molecule has 0 bridgehead atoms. The number of rotatable bonds is 8. The van der Waals surface area contributed by atoms with Crippen LogP contribution in [0.3, 0.4) is 0 Å².